The SMILES string of the molecule is N[C@@H](c1ccc2ccccc2c1)C(F)F. The summed E-state index contributed by atoms with van der Waals surface area (Å²) < 4.78 is 24.8. The third kappa shape index (κ3) is 1.97. The minimum atomic E-state index is -2.52. The number of hydrogen-bond donors (Lipinski definition) is 1. The van der Waals surface area contributed by atoms with Gasteiger partial charge in [0.25, 0.3) is 6.43 Å². The highest BCUT2D eigenvalue weighted by atomic mass is 19.3. The monoisotopic (exact) mass is 207 g/mol. The number of rotatable bonds is 2. The topological polar surface area (TPSA) is 26.0 Å². The first-order chi connectivity index (χ1) is 7.18. The summed E-state index contributed by atoms with van der Waals surface area (Å²) in [7, 11) is 0. The molecule has 0 aliphatic carbocycles. The zero-order valence-corrected chi connectivity index (χ0v) is 8.03. The van der Waals surface area contributed by atoms with E-state index in [4.69, 9.17) is 5.73 Å². The lowest BCUT2D eigenvalue weighted by Crippen LogP contribution is -2.18. The zero-order chi connectivity index (χ0) is 10.8. The van der Waals surface area contributed by atoms with Crippen LogP contribution in [0.4, 0.5) is 8.78 Å². The number of benzene rings is 2. The van der Waals surface area contributed by atoms with Crippen LogP contribution in [0.25, 0.3) is 10.8 Å². The molecule has 2 rings (SSSR count). The third-order valence-electron chi connectivity index (χ3n) is 2.43. The Morgan fingerprint density at radius 2 is 1.60 bits per heavy atom. The van der Waals surface area contributed by atoms with E-state index >= 15 is 0 Å². The smallest absolute Gasteiger partial charge is 0.257 e. The van der Waals surface area contributed by atoms with E-state index in [2.05, 4.69) is 0 Å². The Bertz CT molecular complexity index is 468. The molecule has 15 heavy (non-hydrogen) atoms. The first-order valence-electron chi connectivity index (χ1n) is 4.71. The van der Waals surface area contributed by atoms with E-state index in [0.29, 0.717) is 5.56 Å². The van der Waals surface area contributed by atoms with Crippen molar-refractivity contribution < 1.29 is 8.78 Å². The van der Waals surface area contributed by atoms with Gasteiger partial charge in [-0.25, -0.2) is 8.78 Å². The second-order valence-electron chi connectivity index (χ2n) is 3.47. The number of hydrogen-bond acceptors (Lipinski definition) is 1. The highest BCUT2D eigenvalue weighted by molar-refractivity contribution is 5.83. The Morgan fingerprint density at radius 1 is 0.933 bits per heavy atom. The lowest BCUT2D eigenvalue weighted by molar-refractivity contribution is 0.116. The molecule has 0 amide bonds. The minimum absolute atomic E-state index is 0.476. The normalized spacial score (nSPS) is 13.3. The quantitative estimate of drug-likeness (QED) is 0.804. The van der Waals surface area contributed by atoms with Crippen LogP contribution in [0.3, 0.4) is 0 Å². The van der Waals surface area contributed by atoms with Gasteiger partial charge >= 0.3 is 0 Å². The molecule has 2 aromatic rings. The molecule has 1 nitrogen and oxygen atoms in total. The average molecular weight is 207 g/mol. The Morgan fingerprint density at radius 3 is 2.27 bits per heavy atom. The van der Waals surface area contributed by atoms with Crippen molar-refractivity contribution in [2.75, 3.05) is 0 Å². The molecule has 0 bridgehead atoms. The number of alkyl halides is 2. The average Bonchev–Trinajstić information content (AvgIpc) is 2.27. The van der Waals surface area contributed by atoms with Crippen molar-refractivity contribution >= 4 is 10.8 Å². The predicted molar refractivity (Wildman–Crippen MR) is 56.9 cm³/mol. The largest absolute Gasteiger partial charge is 0.319 e. The van der Waals surface area contributed by atoms with Crippen molar-refractivity contribution in [2.45, 2.75) is 12.5 Å². The molecule has 0 aliphatic heterocycles. The molecular weight excluding hydrogens is 196 g/mol. The summed E-state index contributed by atoms with van der Waals surface area (Å²) in [5, 5.41) is 1.97. The highest BCUT2D eigenvalue weighted by Gasteiger charge is 2.17. The van der Waals surface area contributed by atoms with Crippen molar-refractivity contribution in [3.63, 3.8) is 0 Å². The van der Waals surface area contributed by atoms with Crippen LogP contribution in [0.5, 0.6) is 0 Å². The molecule has 0 fully saturated rings. The lowest BCUT2D eigenvalue weighted by atomic mass is 10.0. The van der Waals surface area contributed by atoms with E-state index in [1.807, 2.05) is 30.3 Å². The van der Waals surface area contributed by atoms with E-state index in [9.17, 15) is 8.78 Å². The number of halogens is 2. The van der Waals surface area contributed by atoms with E-state index in [-0.39, 0.29) is 0 Å². The molecule has 1 atom stereocenters. The first-order valence-corrected chi connectivity index (χ1v) is 4.71. The molecule has 2 N–H and O–H groups in total. The van der Waals surface area contributed by atoms with E-state index < -0.39 is 12.5 Å². The second kappa shape index (κ2) is 3.95. The molecule has 0 aliphatic rings. The van der Waals surface area contributed by atoms with Crippen molar-refractivity contribution in [1.29, 1.82) is 0 Å². The van der Waals surface area contributed by atoms with Gasteiger partial charge in [0.2, 0.25) is 0 Å². The standard InChI is InChI=1S/C12H11F2N/c13-12(14)11(15)10-6-5-8-3-1-2-4-9(8)7-10/h1-7,11-12H,15H2/t11-/m0/s1. The molecule has 0 heterocycles. The molecule has 0 saturated carbocycles. The Kier molecular flexibility index (Phi) is 2.64. The van der Waals surface area contributed by atoms with Gasteiger partial charge in [-0.2, -0.15) is 0 Å². The van der Waals surface area contributed by atoms with Crippen LogP contribution in [-0.2, 0) is 0 Å². The van der Waals surface area contributed by atoms with Crippen LogP contribution in [-0.4, -0.2) is 6.43 Å². The van der Waals surface area contributed by atoms with E-state index in [1.54, 1.807) is 12.1 Å². The van der Waals surface area contributed by atoms with Gasteiger partial charge in [0, 0.05) is 0 Å². The predicted octanol–water partition coefficient (Wildman–Crippen LogP) is 3.10. The number of fused-ring (bicyclic) bond motifs is 1. The summed E-state index contributed by atoms with van der Waals surface area (Å²) >= 11 is 0. The number of nitrogens with two attached hydrogens (primary N) is 1. The maximum atomic E-state index is 12.4. The Labute approximate surface area is 86.5 Å². The molecular formula is C12H11F2N. The summed E-state index contributed by atoms with van der Waals surface area (Å²) in [5.41, 5.74) is 5.85. The molecule has 3 heteroatoms. The highest BCUT2D eigenvalue weighted by Crippen LogP contribution is 2.22. The minimum Gasteiger partial charge on any atom is -0.319 e. The first kappa shape index (κ1) is 10.1. The fourth-order valence-electron chi connectivity index (χ4n) is 1.56. The summed E-state index contributed by atoms with van der Waals surface area (Å²) in [5.74, 6) is 0. The van der Waals surface area contributed by atoms with Crippen molar-refractivity contribution in [2.24, 2.45) is 5.73 Å². The molecule has 2 aromatic carbocycles. The maximum absolute atomic E-state index is 12.4. The van der Waals surface area contributed by atoms with Crippen LogP contribution >= 0.6 is 0 Å². The molecule has 0 unspecified atom stereocenters. The zero-order valence-electron chi connectivity index (χ0n) is 8.03. The van der Waals surface area contributed by atoms with Crippen molar-refractivity contribution in [3.05, 3.63) is 48.0 Å². The van der Waals surface area contributed by atoms with Crippen molar-refractivity contribution in [3.8, 4) is 0 Å². The van der Waals surface area contributed by atoms with Crippen LogP contribution in [0.2, 0.25) is 0 Å². The molecule has 0 spiro atoms. The molecule has 0 radical (unpaired) electrons. The summed E-state index contributed by atoms with van der Waals surface area (Å²) in [6.45, 7) is 0. The third-order valence-corrected chi connectivity index (χ3v) is 2.43. The van der Waals surface area contributed by atoms with Gasteiger partial charge in [-0.05, 0) is 22.4 Å². The van der Waals surface area contributed by atoms with Crippen LogP contribution in [0.15, 0.2) is 42.5 Å². The van der Waals surface area contributed by atoms with Gasteiger partial charge in [0.1, 0.15) is 0 Å². The Hall–Kier alpha value is -1.48. The van der Waals surface area contributed by atoms with E-state index in [0.717, 1.165) is 10.8 Å². The van der Waals surface area contributed by atoms with E-state index in [1.165, 1.54) is 0 Å². The van der Waals surface area contributed by atoms with Gasteiger partial charge in [-0.3, -0.25) is 0 Å². The van der Waals surface area contributed by atoms with Crippen LogP contribution in [0.1, 0.15) is 11.6 Å². The summed E-state index contributed by atoms with van der Waals surface area (Å²) in [6.07, 6.45) is -2.52. The van der Waals surface area contributed by atoms with Gasteiger partial charge in [-0.1, -0.05) is 36.4 Å². The maximum Gasteiger partial charge on any atom is 0.257 e. The van der Waals surface area contributed by atoms with Crippen LogP contribution < -0.4 is 5.73 Å². The van der Waals surface area contributed by atoms with Gasteiger partial charge in [-0.15, -0.1) is 0 Å². The lowest BCUT2D eigenvalue weighted by Gasteiger charge is -2.11. The fraction of sp³-hybridized carbons (Fsp3) is 0.167. The Balaban J connectivity index is 2.47. The van der Waals surface area contributed by atoms with Crippen LogP contribution in [0, 0.1) is 0 Å². The summed E-state index contributed by atoms with van der Waals surface area (Å²) in [4.78, 5) is 0. The molecule has 78 valence electrons. The van der Waals surface area contributed by atoms with Gasteiger partial charge < -0.3 is 5.73 Å². The van der Waals surface area contributed by atoms with Gasteiger partial charge in [0.05, 0.1) is 6.04 Å². The molecule has 0 saturated heterocycles. The molecule has 0 aromatic heterocycles. The van der Waals surface area contributed by atoms with Crippen molar-refractivity contribution in [1.82, 2.24) is 0 Å². The van der Waals surface area contributed by atoms with Gasteiger partial charge in [0.15, 0.2) is 0 Å². The summed E-state index contributed by atoms with van der Waals surface area (Å²) in [6, 6.07) is 11.6. The fourth-order valence-corrected chi connectivity index (χ4v) is 1.56. The second-order valence-corrected chi connectivity index (χ2v) is 3.47.